The first-order valence-electron chi connectivity index (χ1n) is 11.1. The molecule has 1 unspecified atom stereocenters. The Kier molecular flexibility index (Phi) is 6.89. The third-order valence-electron chi connectivity index (χ3n) is 5.65. The van der Waals surface area contributed by atoms with Gasteiger partial charge in [-0.05, 0) is 54.8 Å². The van der Waals surface area contributed by atoms with Gasteiger partial charge in [0.05, 0.1) is 18.2 Å². The van der Waals surface area contributed by atoms with E-state index in [0.29, 0.717) is 35.1 Å². The number of aliphatic hydroxyl groups is 1. The van der Waals surface area contributed by atoms with Crippen LogP contribution in [0.25, 0.3) is 5.76 Å². The van der Waals surface area contributed by atoms with Gasteiger partial charge in [0.15, 0.2) is 0 Å². The number of Topliss-reactive ketones (excluding diaryl/α,β-unsaturated/α-hetero) is 1. The third kappa shape index (κ3) is 4.77. The van der Waals surface area contributed by atoms with Crippen LogP contribution < -0.4 is 9.64 Å². The van der Waals surface area contributed by atoms with Gasteiger partial charge in [0.1, 0.15) is 11.5 Å². The number of amides is 1. The average molecular weight is 520 g/mol. The lowest BCUT2D eigenvalue weighted by atomic mass is 9.95. The van der Waals surface area contributed by atoms with E-state index in [-0.39, 0.29) is 11.3 Å². The van der Waals surface area contributed by atoms with E-state index in [2.05, 4.69) is 29.8 Å². The minimum atomic E-state index is -0.773. The van der Waals surface area contributed by atoms with Gasteiger partial charge in [0.2, 0.25) is 0 Å². The Morgan fingerprint density at radius 3 is 2.18 bits per heavy atom. The normalized spacial score (nSPS) is 17.4. The summed E-state index contributed by atoms with van der Waals surface area (Å²) < 4.78 is 6.64. The highest BCUT2D eigenvalue weighted by molar-refractivity contribution is 9.10. The van der Waals surface area contributed by atoms with Crippen molar-refractivity contribution in [2.24, 2.45) is 5.92 Å². The van der Waals surface area contributed by atoms with E-state index in [1.807, 2.05) is 55.5 Å². The summed E-state index contributed by atoms with van der Waals surface area (Å²) >= 11 is 3.38. The van der Waals surface area contributed by atoms with Gasteiger partial charge in [-0.3, -0.25) is 14.5 Å². The minimum Gasteiger partial charge on any atom is -0.507 e. The lowest BCUT2D eigenvalue weighted by molar-refractivity contribution is -0.132. The molecule has 0 spiro atoms. The topological polar surface area (TPSA) is 66.8 Å². The van der Waals surface area contributed by atoms with Crippen LogP contribution in [0.3, 0.4) is 0 Å². The molecule has 1 aliphatic rings. The van der Waals surface area contributed by atoms with Crippen LogP contribution in [0.1, 0.15) is 36.6 Å². The second-order valence-corrected chi connectivity index (χ2v) is 9.70. The van der Waals surface area contributed by atoms with Crippen LogP contribution in [0.15, 0.2) is 82.8 Å². The molecule has 3 aromatic carbocycles. The summed E-state index contributed by atoms with van der Waals surface area (Å²) in [6, 6.07) is 20.9. The van der Waals surface area contributed by atoms with Crippen LogP contribution >= 0.6 is 15.9 Å². The number of anilines is 1. The molecule has 0 bridgehead atoms. The van der Waals surface area contributed by atoms with Gasteiger partial charge in [-0.1, -0.05) is 71.7 Å². The van der Waals surface area contributed by atoms with Gasteiger partial charge in [0.25, 0.3) is 11.7 Å². The molecule has 0 aliphatic carbocycles. The fraction of sp³-hybridized carbons (Fsp3) is 0.214. The maximum absolute atomic E-state index is 13.2. The molecular weight excluding hydrogens is 494 g/mol. The quantitative estimate of drug-likeness (QED) is 0.232. The SMILES string of the molecule is Cc1ccc(N2C(=O)C(=O)/C(=C(/O)c3ccc(Br)cc3)C2c2ccc(OCC(C)C)cc2)cc1. The molecule has 1 N–H and O–H groups in total. The van der Waals surface area contributed by atoms with E-state index in [0.717, 1.165) is 10.0 Å². The van der Waals surface area contributed by atoms with Gasteiger partial charge in [-0.15, -0.1) is 0 Å². The number of hydrogen-bond acceptors (Lipinski definition) is 4. The van der Waals surface area contributed by atoms with Crippen LogP contribution in [0.4, 0.5) is 5.69 Å². The molecular formula is C28H26BrNO4. The van der Waals surface area contributed by atoms with E-state index >= 15 is 0 Å². The molecule has 4 rings (SSSR count). The monoisotopic (exact) mass is 519 g/mol. The molecule has 0 aromatic heterocycles. The molecule has 1 saturated heterocycles. The molecule has 1 fully saturated rings. The Hall–Kier alpha value is -3.38. The molecule has 5 nitrogen and oxygen atoms in total. The first-order chi connectivity index (χ1) is 16.3. The van der Waals surface area contributed by atoms with Crippen LogP contribution in [0.5, 0.6) is 5.75 Å². The fourth-order valence-electron chi connectivity index (χ4n) is 3.89. The number of carbonyl (C=O) groups excluding carboxylic acids is 2. The smallest absolute Gasteiger partial charge is 0.300 e. The van der Waals surface area contributed by atoms with Crippen molar-refractivity contribution in [1.29, 1.82) is 0 Å². The molecule has 34 heavy (non-hydrogen) atoms. The predicted molar refractivity (Wildman–Crippen MR) is 137 cm³/mol. The number of benzene rings is 3. The molecule has 0 radical (unpaired) electrons. The Labute approximate surface area is 207 Å². The molecule has 1 aliphatic heterocycles. The molecule has 1 heterocycles. The number of hydrogen-bond donors (Lipinski definition) is 1. The van der Waals surface area contributed by atoms with Gasteiger partial charge < -0.3 is 9.84 Å². The predicted octanol–water partition coefficient (Wildman–Crippen LogP) is 6.42. The Morgan fingerprint density at radius 2 is 1.59 bits per heavy atom. The van der Waals surface area contributed by atoms with E-state index in [1.54, 1.807) is 24.3 Å². The molecule has 1 atom stereocenters. The van der Waals surface area contributed by atoms with Crippen molar-refractivity contribution >= 4 is 39.1 Å². The molecule has 6 heteroatoms. The first kappa shape index (κ1) is 23.8. The summed E-state index contributed by atoms with van der Waals surface area (Å²) in [6.45, 7) is 6.70. The van der Waals surface area contributed by atoms with Crippen molar-refractivity contribution in [3.05, 3.63) is 99.5 Å². The number of carbonyl (C=O) groups is 2. The van der Waals surface area contributed by atoms with Gasteiger partial charge >= 0.3 is 0 Å². The van der Waals surface area contributed by atoms with E-state index in [1.165, 1.54) is 4.90 Å². The summed E-state index contributed by atoms with van der Waals surface area (Å²) in [5, 5.41) is 11.2. The number of ketones is 1. The van der Waals surface area contributed by atoms with Crippen LogP contribution in [-0.4, -0.2) is 23.4 Å². The van der Waals surface area contributed by atoms with Crippen LogP contribution in [-0.2, 0) is 9.59 Å². The van der Waals surface area contributed by atoms with Crippen LogP contribution in [0, 0.1) is 12.8 Å². The summed E-state index contributed by atoms with van der Waals surface area (Å²) in [5.41, 5.74) is 2.86. The molecule has 3 aromatic rings. The lowest BCUT2D eigenvalue weighted by Crippen LogP contribution is -2.29. The van der Waals surface area contributed by atoms with E-state index in [9.17, 15) is 14.7 Å². The zero-order chi connectivity index (χ0) is 24.4. The summed E-state index contributed by atoms with van der Waals surface area (Å²) in [5.74, 6) is -0.499. The highest BCUT2D eigenvalue weighted by Crippen LogP contribution is 2.42. The van der Waals surface area contributed by atoms with Crippen molar-refractivity contribution in [1.82, 2.24) is 0 Å². The van der Waals surface area contributed by atoms with Crippen molar-refractivity contribution in [2.45, 2.75) is 26.8 Å². The first-order valence-corrected chi connectivity index (χ1v) is 11.9. The standard InChI is InChI=1S/C28H26BrNO4/c1-17(2)16-34-23-14-8-19(9-15-23)25-24(26(31)20-6-10-21(29)11-7-20)27(32)28(33)30(25)22-12-4-18(3)5-13-22/h4-15,17,25,31H,16H2,1-3H3/b26-24+. The number of aryl methyl sites for hydroxylation is 1. The highest BCUT2D eigenvalue weighted by Gasteiger charge is 2.46. The molecule has 0 saturated carbocycles. The van der Waals surface area contributed by atoms with Crippen molar-refractivity contribution in [2.75, 3.05) is 11.5 Å². The van der Waals surface area contributed by atoms with Gasteiger partial charge in [-0.2, -0.15) is 0 Å². The number of aliphatic hydroxyl groups excluding tert-OH is 1. The molecule has 174 valence electrons. The Morgan fingerprint density at radius 1 is 0.971 bits per heavy atom. The number of ether oxygens (including phenoxy) is 1. The molecule has 1 amide bonds. The lowest BCUT2D eigenvalue weighted by Gasteiger charge is -2.25. The fourth-order valence-corrected chi connectivity index (χ4v) is 4.16. The van der Waals surface area contributed by atoms with Crippen LogP contribution in [0.2, 0.25) is 0 Å². The van der Waals surface area contributed by atoms with E-state index < -0.39 is 17.7 Å². The number of rotatable bonds is 6. The highest BCUT2D eigenvalue weighted by atomic mass is 79.9. The second-order valence-electron chi connectivity index (χ2n) is 8.79. The van der Waals surface area contributed by atoms with Gasteiger partial charge in [-0.25, -0.2) is 0 Å². The zero-order valence-electron chi connectivity index (χ0n) is 19.3. The Balaban J connectivity index is 1.83. The summed E-state index contributed by atoms with van der Waals surface area (Å²) in [4.78, 5) is 27.9. The maximum atomic E-state index is 13.2. The average Bonchev–Trinajstić information content (AvgIpc) is 3.09. The largest absolute Gasteiger partial charge is 0.507 e. The number of halogens is 1. The van der Waals surface area contributed by atoms with Crippen molar-refractivity contribution in [3.8, 4) is 5.75 Å². The van der Waals surface area contributed by atoms with Crippen molar-refractivity contribution < 1.29 is 19.4 Å². The summed E-state index contributed by atoms with van der Waals surface area (Å²) in [6.07, 6.45) is 0. The summed E-state index contributed by atoms with van der Waals surface area (Å²) in [7, 11) is 0. The minimum absolute atomic E-state index is 0.0590. The number of nitrogens with zero attached hydrogens (tertiary/aromatic N) is 1. The Bertz CT molecular complexity index is 1230. The zero-order valence-corrected chi connectivity index (χ0v) is 20.9. The third-order valence-corrected chi connectivity index (χ3v) is 6.18. The van der Waals surface area contributed by atoms with E-state index in [4.69, 9.17) is 4.74 Å². The second kappa shape index (κ2) is 9.85. The maximum Gasteiger partial charge on any atom is 0.300 e. The van der Waals surface area contributed by atoms with Gasteiger partial charge in [0, 0.05) is 15.7 Å². The van der Waals surface area contributed by atoms with Crippen molar-refractivity contribution in [3.63, 3.8) is 0 Å².